The number of nitrogens with one attached hydrogen (secondary N) is 2. The van der Waals surface area contributed by atoms with Crippen LogP contribution in [0.15, 0.2) is 60.7 Å². The van der Waals surface area contributed by atoms with Gasteiger partial charge >= 0.3 is 0 Å². The van der Waals surface area contributed by atoms with E-state index < -0.39 is 6.04 Å². The Morgan fingerprint density at radius 1 is 1.03 bits per heavy atom. The average Bonchev–Trinajstić information content (AvgIpc) is 3.20. The molecule has 0 aliphatic carbocycles. The van der Waals surface area contributed by atoms with Gasteiger partial charge in [-0.05, 0) is 17.0 Å². The molecule has 0 fully saturated rings. The summed E-state index contributed by atoms with van der Waals surface area (Å²) in [7, 11) is 0. The van der Waals surface area contributed by atoms with Crippen molar-refractivity contribution in [2.45, 2.75) is 45.8 Å². The fourth-order valence-corrected chi connectivity index (χ4v) is 5.06. The zero-order valence-corrected chi connectivity index (χ0v) is 19.9. The van der Waals surface area contributed by atoms with Crippen LogP contribution in [0.5, 0.6) is 0 Å². The van der Waals surface area contributed by atoms with E-state index in [2.05, 4.69) is 44.8 Å². The summed E-state index contributed by atoms with van der Waals surface area (Å²) in [5, 5.41) is 6.45. The highest BCUT2D eigenvalue weighted by Gasteiger charge is 2.27. The molecule has 0 radical (unpaired) electrons. The molecule has 1 unspecified atom stereocenters. The van der Waals surface area contributed by atoms with Crippen molar-refractivity contribution in [2.24, 2.45) is 5.92 Å². The van der Waals surface area contributed by atoms with Crippen LogP contribution in [0, 0.1) is 5.92 Å². The number of aromatic nitrogens is 1. The van der Waals surface area contributed by atoms with E-state index in [1.54, 1.807) is 0 Å². The second kappa shape index (κ2) is 10.7. The molecule has 2 amide bonds. The summed E-state index contributed by atoms with van der Waals surface area (Å²) in [6, 6.07) is 19.4. The Bertz CT molecular complexity index is 1080. The van der Waals surface area contributed by atoms with Crippen molar-refractivity contribution in [3.05, 3.63) is 82.4 Å². The van der Waals surface area contributed by atoms with E-state index in [1.165, 1.54) is 21.8 Å². The monoisotopic (exact) mass is 462 g/mol. The third-order valence-electron chi connectivity index (χ3n) is 5.76. The molecule has 1 aliphatic rings. The standard InChI is InChI=1S/C26H30N4O2S/c1-18(2)24(28-23(31)15-19-9-5-3-6-10-19)25(32)29-26-27-21-13-14-30(17-22(21)33-26)16-20-11-7-4-8-12-20/h3-12,18,24H,13-17H2,1-2H3,(H,28,31)(H,27,29,32). The lowest BCUT2D eigenvalue weighted by Crippen LogP contribution is -2.47. The highest BCUT2D eigenvalue weighted by Crippen LogP contribution is 2.29. The van der Waals surface area contributed by atoms with Crippen LogP contribution in [0.4, 0.5) is 5.13 Å². The van der Waals surface area contributed by atoms with Gasteiger partial charge in [-0.2, -0.15) is 0 Å². The van der Waals surface area contributed by atoms with E-state index in [9.17, 15) is 9.59 Å². The molecule has 172 valence electrons. The lowest BCUT2D eigenvalue weighted by Gasteiger charge is -2.25. The van der Waals surface area contributed by atoms with Gasteiger partial charge in [0.05, 0.1) is 12.1 Å². The van der Waals surface area contributed by atoms with Gasteiger partial charge in [0.15, 0.2) is 5.13 Å². The summed E-state index contributed by atoms with van der Waals surface area (Å²) < 4.78 is 0. The summed E-state index contributed by atoms with van der Waals surface area (Å²) in [6.07, 6.45) is 1.12. The highest BCUT2D eigenvalue weighted by atomic mass is 32.1. The number of anilines is 1. The molecule has 2 N–H and O–H groups in total. The molecule has 2 aromatic carbocycles. The zero-order valence-electron chi connectivity index (χ0n) is 19.1. The third kappa shape index (κ3) is 6.27. The summed E-state index contributed by atoms with van der Waals surface area (Å²) in [6.45, 7) is 6.55. The Labute approximate surface area is 199 Å². The van der Waals surface area contributed by atoms with Gasteiger partial charge in [0.1, 0.15) is 6.04 Å². The van der Waals surface area contributed by atoms with E-state index >= 15 is 0 Å². The van der Waals surface area contributed by atoms with Gasteiger partial charge < -0.3 is 10.6 Å². The smallest absolute Gasteiger partial charge is 0.248 e. The van der Waals surface area contributed by atoms with Crippen molar-refractivity contribution in [3.63, 3.8) is 0 Å². The molecule has 1 atom stereocenters. The maximum Gasteiger partial charge on any atom is 0.248 e. The first-order valence-corrected chi connectivity index (χ1v) is 12.2. The van der Waals surface area contributed by atoms with Gasteiger partial charge in [-0.3, -0.25) is 14.5 Å². The van der Waals surface area contributed by atoms with Crippen molar-refractivity contribution in [3.8, 4) is 0 Å². The highest BCUT2D eigenvalue weighted by molar-refractivity contribution is 7.15. The van der Waals surface area contributed by atoms with Crippen LogP contribution in [0.25, 0.3) is 0 Å². The van der Waals surface area contributed by atoms with Gasteiger partial charge in [-0.15, -0.1) is 11.3 Å². The molecular weight excluding hydrogens is 432 g/mol. The molecule has 0 saturated carbocycles. The zero-order chi connectivity index (χ0) is 23.2. The molecule has 7 heteroatoms. The predicted octanol–water partition coefficient (Wildman–Crippen LogP) is 4.02. The summed E-state index contributed by atoms with van der Waals surface area (Å²) in [4.78, 5) is 33.8. The molecule has 33 heavy (non-hydrogen) atoms. The average molecular weight is 463 g/mol. The Morgan fingerprint density at radius 3 is 2.36 bits per heavy atom. The van der Waals surface area contributed by atoms with E-state index in [0.717, 1.165) is 37.3 Å². The fourth-order valence-electron chi connectivity index (χ4n) is 4.00. The molecule has 1 aromatic heterocycles. The Hall–Kier alpha value is -3.03. The minimum absolute atomic E-state index is 0.0410. The number of thiazole rings is 1. The van der Waals surface area contributed by atoms with Gasteiger partial charge in [0, 0.05) is 30.9 Å². The van der Waals surface area contributed by atoms with Gasteiger partial charge in [-0.25, -0.2) is 4.98 Å². The lowest BCUT2D eigenvalue weighted by atomic mass is 10.0. The maximum absolute atomic E-state index is 13.0. The SMILES string of the molecule is CC(C)C(NC(=O)Cc1ccccc1)C(=O)Nc1nc2c(s1)CN(Cc1ccccc1)CC2. The fraction of sp³-hybridized carbons (Fsp3) is 0.346. The minimum atomic E-state index is -0.614. The Kier molecular flexibility index (Phi) is 7.52. The van der Waals surface area contributed by atoms with Crippen LogP contribution in [0.3, 0.4) is 0 Å². The minimum Gasteiger partial charge on any atom is -0.344 e. The number of fused-ring (bicyclic) bond motifs is 1. The van der Waals surface area contributed by atoms with Crippen LogP contribution in [0.2, 0.25) is 0 Å². The Balaban J connectivity index is 1.36. The molecule has 0 saturated heterocycles. The van der Waals surface area contributed by atoms with E-state index in [1.807, 2.05) is 50.2 Å². The van der Waals surface area contributed by atoms with Crippen LogP contribution < -0.4 is 10.6 Å². The van der Waals surface area contributed by atoms with Crippen LogP contribution in [-0.4, -0.2) is 34.3 Å². The van der Waals surface area contributed by atoms with Crippen LogP contribution >= 0.6 is 11.3 Å². The van der Waals surface area contributed by atoms with Crippen molar-refractivity contribution in [1.29, 1.82) is 0 Å². The van der Waals surface area contributed by atoms with Crippen molar-refractivity contribution in [2.75, 3.05) is 11.9 Å². The van der Waals surface area contributed by atoms with Crippen LogP contribution in [0.1, 0.15) is 35.5 Å². The number of amides is 2. The molecule has 6 nitrogen and oxygen atoms in total. The molecule has 2 heterocycles. The summed E-state index contributed by atoms with van der Waals surface area (Å²) >= 11 is 1.53. The molecule has 4 rings (SSSR count). The second-order valence-corrected chi connectivity index (χ2v) is 9.86. The number of rotatable bonds is 8. The summed E-state index contributed by atoms with van der Waals surface area (Å²) in [5.74, 6) is -0.427. The van der Waals surface area contributed by atoms with E-state index in [4.69, 9.17) is 0 Å². The first-order chi connectivity index (χ1) is 16.0. The third-order valence-corrected chi connectivity index (χ3v) is 6.76. The largest absolute Gasteiger partial charge is 0.344 e. The molecular formula is C26H30N4O2S. The summed E-state index contributed by atoms with van der Waals surface area (Å²) in [5.41, 5.74) is 3.28. The van der Waals surface area contributed by atoms with E-state index in [0.29, 0.717) is 5.13 Å². The number of carbonyl (C=O) groups is 2. The van der Waals surface area contributed by atoms with Gasteiger partial charge in [0.2, 0.25) is 11.8 Å². The lowest BCUT2D eigenvalue weighted by molar-refractivity contribution is -0.127. The number of carbonyl (C=O) groups excluding carboxylic acids is 2. The van der Waals surface area contributed by atoms with Crippen molar-refractivity contribution >= 4 is 28.3 Å². The predicted molar refractivity (Wildman–Crippen MR) is 132 cm³/mol. The molecule has 0 spiro atoms. The van der Waals surface area contributed by atoms with Crippen molar-refractivity contribution in [1.82, 2.24) is 15.2 Å². The number of nitrogens with zero attached hydrogens (tertiary/aromatic N) is 2. The quantitative estimate of drug-likeness (QED) is 0.530. The maximum atomic E-state index is 13.0. The molecule has 1 aliphatic heterocycles. The Morgan fingerprint density at radius 2 is 1.70 bits per heavy atom. The second-order valence-electron chi connectivity index (χ2n) is 8.78. The normalized spacial score (nSPS) is 14.5. The topological polar surface area (TPSA) is 74.3 Å². The first-order valence-electron chi connectivity index (χ1n) is 11.4. The number of hydrogen-bond acceptors (Lipinski definition) is 5. The van der Waals surface area contributed by atoms with Crippen molar-refractivity contribution < 1.29 is 9.59 Å². The first kappa shape index (κ1) is 23.1. The molecule has 0 bridgehead atoms. The van der Waals surface area contributed by atoms with Crippen LogP contribution in [-0.2, 0) is 35.5 Å². The number of hydrogen-bond donors (Lipinski definition) is 2. The number of benzene rings is 2. The van der Waals surface area contributed by atoms with E-state index in [-0.39, 0.29) is 24.2 Å². The molecule has 3 aromatic rings. The van der Waals surface area contributed by atoms with Gasteiger partial charge in [0.25, 0.3) is 0 Å². The van der Waals surface area contributed by atoms with Gasteiger partial charge in [-0.1, -0.05) is 74.5 Å².